The number of carbonyl (C=O) groups excluding carboxylic acids is 1. The van der Waals surface area contributed by atoms with Crippen LogP contribution in [-0.2, 0) is 6.54 Å². The monoisotopic (exact) mass is 470 g/mol. The van der Waals surface area contributed by atoms with Gasteiger partial charge in [-0.1, -0.05) is 42.0 Å². The van der Waals surface area contributed by atoms with E-state index in [-0.39, 0.29) is 5.91 Å². The number of para-hydroxylation sites is 1. The van der Waals surface area contributed by atoms with Gasteiger partial charge in [-0.3, -0.25) is 4.79 Å². The van der Waals surface area contributed by atoms with Crippen LogP contribution in [0.4, 0.5) is 0 Å². The van der Waals surface area contributed by atoms with Gasteiger partial charge in [0.05, 0.1) is 38.1 Å². The van der Waals surface area contributed by atoms with Gasteiger partial charge in [0.15, 0.2) is 11.5 Å². The van der Waals surface area contributed by atoms with Gasteiger partial charge in [-0.25, -0.2) is 4.98 Å². The quantitative estimate of drug-likeness (QED) is 0.341. The molecule has 0 bridgehead atoms. The fourth-order valence-electron chi connectivity index (χ4n) is 4.29. The lowest BCUT2D eigenvalue weighted by Crippen LogP contribution is -2.27. The van der Waals surface area contributed by atoms with E-state index in [0.717, 1.165) is 22.0 Å². The third-order valence-electron chi connectivity index (χ3n) is 6.16. The lowest BCUT2D eigenvalue weighted by Gasteiger charge is -2.20. The number of hydrogen-bond donors (Lipinski definition) is 0. The molecule has 0 unspecified atom stereocenters. The number of carbonyl (C=O) groups is 1. The van der Waals surface area contributed by atoms with Crippen molar-refractivity contribution in [1.29, 1.82) is 0 Å². The second-order valence-electron chi connectivity index (χ2n) is 8.58. The highest BCUT2D eigenvalue weighted by molar-refractivity contribution is 6.07. The van der Waals surface area contributed by atoms with Crippen LogP contribution in [0.15, 0.2) is 60.7 Å². The zero-order valence-corrected chi connectivity index (χ0v) is 21.0. The number of rotatable bonds is 7. The Labute approximate surface area is 206 Å². The molecule has 35 heavy (non-hydrogen) atoms. The molecule has 4 aromatic rings. The minimum Gasteiger partial charge on any atom is -0.493 e. The van der Waals surface area contributed by atoms with Crippen LogP contribution in [0.3, 0.4) is 0 Å². The highest BCUT2D eigenvalue weighted by Gasteiger charge is 2.20. The Balaban J connectivity index is 1.80. The summed E-state index contributed by atoms with van der Waals surface area (Å²) in [5, 5.41) is 0.807. The van der Waals surface area contributed by atoms with Crippen LogP contribution in [0.5, 0.6) is 17.2 Å². The molecule has 4 rings (SSSR count). The largest absolute Gasteiger partial charge is 0.493 e. The first-order valence-electron chi connectivity index (χ1n) is 11.4. The maximum absolute atomic E-state index is 13.7. The van der Waals surface area contributed by atoms with E-state index < -0.39 is 0 Å². The molecular formula is C29H30N2O4. The summed E-state index contributed by atoms with van der Waals surface area (Å²) in [6.07, 6.45) is 0. The number of nitrogens with zero attached hydrogens (tertiary/aromatic N) is 2. The average molecular weight is 471 g/mol. The Kier molecular flexibility index (Phi) is 6.92. The van der Waals surface area contributed by atoms with Gasteiger partial charge in [-0.05, 0) is 49.2 Å². The van der Waals surface area contributed by atoms with E-state index in [1.165, 1.54) is 11.1 Å². The Morgan fingerprint density at radius 2 is 1.57 bits per heavy atom. The van der Waals surface area contributed by atoms with Crippen LogP contribution in [0.25, 0.3) is 22.2 Å². The summed E-state index contributed by atoms with van der Waals surface area (Å²) >= 11 is 0. The van der Waals surface area contributed by atoms with E-state index in [0.29, 0.717) is 35.1 Å². The van der Waals surface area contributed by atoms with Crippen molar-refractivity contribution in [3.05, 3.63) is 82.9 Å². The van der Waals surface area contributed by atoms with Gasteiger partial charge in [-0.15, -0.1) is 0 Å². The summed E-state index contributed by atoms with van der Waals surface area (Å²) in [5.41, 5.74) is 6.23. The zero-order valence-electron chi connectivity index (χ0n) is 21.0. The molecule has 0 radical (unpaired) electrons. The van der Waals surface area contributed by atoms with Gasteiger partial charge in [-0.2, -0.15) is 0 Å². The Morgan fingerprint density at radius 3 is 2.20 bits per heavy atom. The number of pyridine rings is 1. The minimum atomic E-state index is -0.0720. The first kappa shape index (κ1) is 24.1. The third-order valence-corrected chi connectivity index (χ3v) is 6.16. The Morgan fingerprint density at radius 1 is 0.886 bits per heavy atom. The highest BCUT2D eigenvalue weighted by atomic mass is 16.5. The van der Waals surface area contributed by atoms with Crippen molar-refractivity contribution in [3.63, 3.8) is 0 Å². The number of hydrogen-bond acceptors (Lipinski definition) is 5. The molecule has 0 aliphatic heterocycles. The number of fused-ring (bicyclic) bond motifs is 1. The van der Waals surface area contributed by atoms with Crippen molar-refractivity contribution in [3.8, 4) is 28.5 Å². The van der Waals surface area contributed by atoms with Crippen LogP contribution in [-0.4, -0.2) is 44.2 Å². The maximum Gasteiger partial charge on any atom is 0.254 e. The zero-order chi connectivity index (χ0) is 25.1. The van der Waals surface area contributed by atoms with Gasteiger partial charge in [0.25, 0.3) is 5.91 Å². The summed E-state index contributed by atoms with van der Waals surface area (Å²) in [6, 6.07) is 19.5. The maximum atomic E-state index is 13.7. The first-order valence-corrected chi connectivity index (χ1v) is 11.4. The van der Waals surface area contributed by atoms with Crippen LogP contribution in [0.2, 0.25) is 0 Å². The molecular weight excluding hydrogens is 440 g/mol. The molecule has 6 heteroatoms. The molecule has 0 fully saturated rings. The standard InChI is InChI=1S/C29H30N2O4/c1-18-11-12-20(19(2)13-18)17-31(3)29(32)23-16-25(30-24-10-8-7-9-22(23)24)21-14-26(33-4)28(35-6)27(15-21)34-5/h7-16H,17H2,1-6H3. The van der Waals surface area contributed by atoms with Gasteiger partial charge in [0.1, 0.15) is 0 Å². The number of aromatic nitrogens is 1. The van der Waals surface area contributed by atoms with Crippen LogP contribution in [0, 0.1) is 13.8 Å². The molecule has 3 aromatic carbocycles. The summed E-state index contributed by atoms with van der Waals surface area (Å²) < 4.78 is 16.5. The fraction of sp³-hybridized carbons (Fsp3) is 0.241. The molecule has 0 aliphatic rings. The average Bonchev–Trinajstić information content (AvgIpc) is 2.88. The summed E-state index contributed by atoms with van der Waals surface area (Å²) in [6.45, 7) is 4.66. The van der Waals surface area contributed by atoms with Crippen molar-refractivity contribution in [2.24, 2.45) is 0 Å². The number of methoxy groups -OCH3 is 3. The van der Waals surface area contributed by atoms with Crippen LogP contribution >= 0.6 is 0 Å². The van der Waals surface area contributed by atoms with E-state index in [9.17, 15) is 4.79 Å². The fourth-order valence-corrected chi connectivity index (χ4v) is 4.29. The van der Waals surface area contributed by atoms with Gasteiger partial charge < -0.3 is 19.1 Å². The van der Waals surface area contributed by atoms with Crippen LogP contribution in [0.1, 0.15) is 27.0 Å². The second-order valence-corrected chi connectivity index (χ2v) is 8.58. The lowest BCUT2D eigenvalue weighted by atomic mass is 10.0. The van der Waals surface area contributed by atoms with Crippen molar-refractivity contribution in [1.82, 2.24) is 9.88 Å². The molecule has 0 spiro atoms. The molecule has 0 saturated carbocycles. The van der Waals surface area contributed by atoms with E-state index in [2.05, 4.69) is 32.0 Å². The molecule has 0 N–H and O–H groups in total. The van der Waals surface area contributed by atoms with Crippen LogP contribution < -0.4 is 14.2 Å². The molecule has 6 nitrogen and oxygen atoms in total. The van der Waals surface area contributed by atoms with Gasteiger partial charge in [0, 0.05) is 24.5 Å². The second kappa shape index (κ2) is 10.1. The predicted octanol–water partition coefficient (Wildman–Crippen LogP) is 5.82. The number of amides is 1. The molecule has 1 amide bonds. The number of benzene rings is 3. The Bertz CT molecular complexity index is 1370. The van der Waals surface area contributed by atoms with Crippen molar-refractivity contribution in [2.45, 2.75) is 20.4 Å². The van der Waals surface area contributed by atoms with Gasteiger partial charge >= 0.3 is 0 Å². The summed E-state index contributed by atoms with van der Waals surface area (Å²) in [5.74, 6) is 1.48. The normalized spacial score (nSPS) is 10.8. The molecule has 0 aliphatic carbocycles. The van der Waals surface area contributed by atoms with Crippen molar-refractivity contribution >= 4 is 16.8 Å². The predicted molar refractivity (Wildman–Crippen MR) is 139 cm³/mol. The van der Waals surface area contributed by atoms with E-state index >= 15 is 0 Å². The van der Waals surface area contributed by atoms with Crippen molar-refractivity contribution in [2.75, 3.05) is 28.4 Å². The molecule has 0 saturated heterocycles. The van der Waals surface area contributed by atoms with Crippen molar-refractivity contribution < 1.29 is 19.0 Å². The SMILES string of the molecule is COc1cc(-c2cc(C(=O)N(C)Cc3ccc(C)cc3C)c3ccccc3n2)cc(OC)c1OC. The lowest BCUT2D eigenvalue weighted by molar-refractivity contribution is 0.0787. The molecule has 1 heterocycles. The third kappa shape index (κ3) is 4.78. The summed E-state index contributed by atoms with van der Waals surface area (Å²) in [4.78, 5) is 20.3. The minimum absolute atomic E-state index is 0.0720. The van der Waals surface area contributed by atoms with E-state index in [4.69, 9.17) is 19.2 Å². The number of aryl methyl sites for hydroxylation is 2. The van der Waals surface area contributed by atoms with Gasteiger partial charge in [0.2, 0.25) is 5.75 Å². The van der Waals surface area contributed by atoms with E-state index in [1.807, 2.05) is 49.5 Å². The molecule has 180 valence electrons. The summed E-state index contributed by atoms with van der Waals surface area (Å²) in [7, 11) is 6.55. The first-order chi connectivity index (χ1) is 16.9. The smallest absolute Gasteiger partial charge is 0.254 e. The number of ether oxygens (including phenoxy) is 3. The topological polar surface area (TPSA) is 60.9 Å². The van der Waals surface area contributed by atoms with E-state index in [1.54, 1.807) is 26.2 Å². The highest BCUT2D eigenvalue weighted by Crippen LogP contribution is 2.41. The molecule has 1 aromatic heterocycles. The Hall–Kier alpha value is -4.06. The molecule has 0 atom stereocenters.